The summed E-state index contributed by atoms with van der Waals surface area (Å²) in [7, 11) is 0. The van der Waals surface area contributed by atoms with Crippen LogP contribution in [0.1, 0.15) is 31.7 Å². The Morgan fingerprint density at radius 1 is 1.56 bits per heavy atom. The highest BCUT2D eigenvalue weighted by atomic mass is 79.9. The van der Waals surface area contributed by atoms with Gasteiger partial charge in [0, 0.05) is 18.7 Å². The molecular formula is C13H17BrN2O2. The van der Waals surface area contributed by atoms with Crippen LogP contribution in [0.5, 0.6) is 0 Å². The van der Waals surface area contributed by atoms with Gasteiger partial charge in [-0.15, -0.1) is 0 Å². The van der Waals surface area contributed by atoms with Crippen molar-refractivity contribution in [3.05, 3.63) is 38.3 Å². The first-order chi connectivity index (χ1) is 8.59. The van der Waals surface area contributed by atoms with Crippen LogP contribution in [0.3, 0.4) is 0 Å². The van der Waals surface area contributed by atoms with Gasteiger partial charge in [0.15, 0.2) is 0 Å². The van der Waals surface area contributed by atoms with Crippen molar-refractivity contribution < 1.29 is 4.92 Å². The Bertz CT molecular complexity index is 447. The van der Waals surface area contributed by atoms with E-state index in [-0.39, 0.29) is 10.6 Å². The minimum absolute atomic E-state index is 0.130. The number of nitro groups is 1. The van der Waals surface area contributed by atoms with Gasteiger partial charge in [0.05, 0.1) is 9.40 Å². The van der Waals surface area contributed by atoms with Gasteiger partial charge >= 0.3 is 0 Å². The van der Waals surface area contributed by atoms with Crippen LogP contribution in [-0.4, -0.2) is 11.0 Å². The van der Waals surface area contributed by atoms with Gasteiger partial charge in [-0.25, -0.2) is 0 Å². The molecule has 5 heteroatoms. The van der Waals surface area contributed by atoms with Gasteiger partial charge in [-0.05, 0) is 47.2 Å². The van der Waals surface area contributed by atoms with Gasteiger partial charge in [0.25, 0.3) is 5.69 Å². The molecule has 1 aliphatic carbocycles. The summed E-state index contributed by atoms with van der Waals surface area (Å²) in [5.74, 6) is 0.766. The Labute approximate surface area is 115 Å². The lowest BCUT2D eigenvalue weighted by molar-refractivity contribution is -0.385. The molecule has 0 amide bonds. The Hall–Kier alpha value is -0.940. The Morgan fingerprint density at radius 2 is 2.28 bits per heavy atom. The van der Waals surface area contributed by atoms with E-state index in [1.54, 1.807) is 6.07 Å². The van der Waals surface area contributed by atoms with Crippen LogP contribution in [-0.2, 0) is 6.54 Å². The average molecular weight is 313 g/mol. The van der Waals surface area contributed by atoms with E-state index >= 15 is 0 Å². The second-order valence-corrected chi connectivity index (χ2v) is 5.66. The molecule has 0 spiro atoms. The fourth-order valence-electron chi connectivity index (χ4n) is 2.22. The lowest BCUT2D eigenvalue weighted by Gasteiger charge is -2.32. The highest BCUT2D eigenvalue weighted by molar-refractivity contribution is 9.10. The number of rotatable bonds is 5. The smallest absolute Gasteiger partial charge is 0.283 e. The van der Waals surface area contributed by atoms with Crippen molar-refractivity contribution in [2.45, 2.75) is 38.8 Å². The van der Waals surface area contributed by atoms with Crippen molar-refractivity contribution in [1.82, 2.24) is 5.32 Å². The van der Waals surface area contributed by atoms with E-state index in [2.05, 4.69) is 28.2 Å². The standard InChI is InChI=1S/C13H17BrN2O2/c1-9(10-4-2-5-10)15-8-11-6-3-7-12(13(11)14)16(17)18/h3,6-7,9-10,15H,2,4-5,8H2,1H3. The van der Waals surface area contributed by atoms with Gasteiger partial charge in [-0.1, -0.05) is 18.6 Å². The highest BCUT2D eigenvalue weighted by Crippen LogP contribution is 2.31. The summed E-state index contributed by atoms with van der Waals surface area (Å²) in [5.41, 5.74) is 1.07. The maximum atomic E-state index is 10.8. The van der Waals surface area contributed by atoms with Crippen molar-refractivity contribution in [1.29, 1.82) is 0 Å². The van der Waals surface area contributed by atoms with Crippen LogP contribution in [0.4, 0.5) is 5.69 Å². The summed E-state index contributed by atoms with van der Waals surface area (Å²) in [6.45, 7) is 2.86. The number of halogens is 1. The Kier molecular flexibility index (Phi) is 4.35. The number of hydrogen-bond donors (Lipinski definition) is 1. The first-order valence-electron chi connectivity index (χ1n) is 6.24. The van der Waals surface area contributed by atoms with Crippen molar-refractivity contribution in [3.63, 3.8) is 0 Å². The number of benzene rings is 1. The van der Waals surface area contributed by atoms with Gasteiger partial charge in [-0.2, -0.15) is 0 Å². The van der Waals surface area contributed by atoms with E-state index < -0.39 is 0 Å². The zero-order valence-corrected chi connectivity index (χ0v) is 11.9. The van der Waals surface area contributed by atoms with Crippen molar-refractivity contribution >= 4 is 21.6 Å². The molecule has 0 radical (unpaired) electrons. The van der Waals surface area contributed by atoms with Gasteiger partial charge in [0.1, 0.15) is 0 Å². The van der Waals surface area contributed by atoms with Crippen molar-refractivity contribution in [2.24, 2.45) is 5.92 Å². The molecule has 0 heterocycles. The maximum Gasteiger partial charge on any atom is 0.283 e. The van der Waals surface area contributed by atoms with E-state index in [0.29, 0.717) is 17.1 Å². The van der Waals surface area contributed by atoms with Crippen molar-refractivity contribution in [2.75, 3.05) is 0 Å². The van der Waals surface area contributed by atoms with Crippen LogP contribution in [0, 0.1) is 16.0 Å². The maximum absolute atomic E-state index is 10.8. The summed E-state index contributed by atoms with van der Waals surface area (Å²) in [5, 5.41) is 14.3. The molecule has 98 valence electrons. The third-order valence-corrected chi connectivity index (χ3v) is 4.64. The third kappa shape index (κ3) is 2.90. The molecule has 1 aromatic rings. The van der Waals surface area contributed by atoms with Gasteiger partial charge in [0.2, 0.25) is 0 Å². The van der Waals surface area contributed by atoms with Crippen LogP contribution >= 0.6 is 15.9 Å². The molecule has 1 aromatic carbocycles. The molecule has 0 bridgehead atoms. The molecule has 18 heavy (non-hydrogen) atoms. The molecule has 1 fully saturated rings. The second-order valence-electron chi connectivity index (χ2n) is 4.87. The lowest BCUT2D eigenvalue weighted by Crippen LogP contribution is -2.36. The molecule has 0 aromatic heterocycles. The van der Waals surface area contributed by atoms with Crippen LogP contribution < -0.4 is 5.32 Å². The lowest BCUT2D eigenvalue weighted by atomic mass is 9.80. The summed E-state index contributed by atoms with van der Waals surface area (Å²) in [6, 6.07) is 5.64. The van der Waals surface area contributed by atoms with Gasteiger partial charge < -0.3 is 5.32 Å². The zero-order chi connectivity index (χ0) is 13.1. The largest absolute Gasteiger partial charge is 0.310 e. The molecule has 4 nitrogen and oxygen atoms in total. The van der Waals surface area contributed by atoms with Crippen LogP contribution in [0.2, 0.25) is 0 Å². The molecule has 1 unspecified atom stereocenters. The molecule has 0 aliphatic heterocycles. The van der Waals surface area contributed by atoms with E-state index in [9.17, 15) is 10.1 Å². The summed E-state index contributed by atoms with van der Waals surface area (Å²) >= 11 is 3.32. The minimum atomic E-state index is -0.358. The summed E-state index contributed by atoms with van der Waals surface area (Å²) < 4.78 is 0.586. The summed E-state index contributed by atoms with van der Waals surface area (Å²) in [4.78, 5) is 10.5. The van der Waals surface area contributed by atoms with Crippen LogP contribution in [0.15, 0.2) is 22.7 Å². The quantitative estimate of drug-likeness (QED) is 0.667. The number of hydrogen-bond acceptors (Lipinski definition) is 3. The predicted molar refractivity (Wildman–Crippen MR) is 74.4 cm³/mol. The van der Waals surface area contributed by atoms with E-state index in [1.165, 1.54) is 25.3 Å². The minimum Gasteiger partial charge on any atom is -0.310 e. The molecule has 1 N–H and O–H groups in total. The normalized spacial score (nSPS) is 17.2. The topological polar surface area (TPSA) is 55.2 Å². The Balaban J connectivity index is 2.00. The first kappa shape index (κ1) is 13.5. The molecule has 1 saturated carbocycles. The number of nitrogens with zero attached hydrogens (tertiary/aromatic N) is 1. The first-order valence-corrected chi connectivity index (χ1v) is 7.04. The highest BCUT2D eigenvalue weighted by Gasteiger charge is 2.23. The van der Waals surface area contributed by atoms with E-state index in [0.717, 1.165) is 11.5 Å². The summed E-state index contributed by atoms with van der Waals surface area (Å²) in [6.07, 6.45) is 3.92. The monoisotopic (exact) mass is 312 g/mol. The number of nitro benzene ring substituents is 1. The van der Waals surface area contributed by atoms with Gasteiger partial charge in [-0.3, -0.25) is 10.1 Å². The van der Waals surface area contributed by atoms with E-state index in [4.69, 9.17) is 0 Å². The fraction of sp³-hybridized carbons (Fsp3) is 0.538. The molecular weight excluding hydrogens is 296 g/mol. The predicted octanol–water partition coefficient (Wildman–Crippen LogP) is 3.64. The molecule has 1 atom stereocenters. The van der Waals surface area contributed by atoms with E-state index in [1.807, 2.05) is 6.07 Å². The van der Waals surface area contributed by atoms with Crippen LogP contribution in [0.25, 0.3) is 0 Å². The Morgan fingerprint density at radius 3 is 2.83 bits per heavy atom. The molecule has 2 rings (SSSR count). The third-order valence-electron chi connectivity index (χ3n) is 3.73. The zero-order valence-electron chi connectivity index (χ0n) is 10.4. The SMILES string of the molecule is CC(NCc1cccc([N+](=O)[O-])c1Br)C1CCC1. The van der Waals surface area contributed by atoms with Crippen molar-refractivity contribution in [3.8, 4) is 0 Å². The molecule has 0 saturated heterocycles. The second kappa shape index (κ2) is 5.80. The number of nitrogens with one attached hydrogen (secondary N) is 1. The average Bonchev–Trinajstić information content (AvgIpc) is 2.25. The molecule has 1 aliphatic rings. The fourth-order valence-corrected chi connectivity index (χ4v) is 2.77.